The van der Waals surface area contributed by atoms with Gasteiger partial charge in [0.1, 0.15) is 22.4 Å². The minimum Gasteiger partial charge on any atom is -0.497 e. The molecule has 0 radical (unpaired) electrons. The summed E-state index contributed by atoms with van der Waals surface area (Å²) in [5.74, 6) is -1.66. The molecule has 0 bridgehead atoms. The number of aryl methyl sites for hydroxylation is 1. The summed E-state index contributed by atoms with van der Waals surface area (Å²) in [5, 5.41) is 4.08. The predicted octanol–water partition coefficient (Wildman–Crippen LogP) is 4.64. The van der Waals surface area contributed by atoms with Gasteiger partial charge < -0.3 is 9.30 Å². The maximum Gasteiger partial charge on any atom is 0.269 e. The molecule has 0 unspecified atom stereocenters. The molecule has 142 valence electrons. The lowest BCUT2D eigenvalue weighted by Crippen LogP contribution is -2.23. The zero-order valence-electron chi connectivity index (χ0n) is 14.7. The maximum atomic E-state index is 14.9. The first-order valence-electron chi connectivity index (χ1n) is 7.94. The molecule has 3 aromatic rings. The maximum absolute atomic E-state index is 14.9. The molecule has 1 aromatic carbocycles. The van der Waals surface area contributed by atoms with Crippen molar-refractivity contribution in [2.45, 2.75) is 13.5 Å². The van der Waals surface area contributed by atoms with Gasteiger partial charge >= 0.3 is 0 Å². The Morgan fingerprint density at radius 2 is 1.85 bits per heavy atom. The van der Waals surface area contributed by atoms with Crippen LogP contribution in [0.4, 0.5) is 8.78 Å². The van der Waals surface area contributed by atoms with Crippen LogP contribution in [0, 0.1) is 11.6 Å². The summed E-state index contributed by atoms with van der Waals surface area (Å²) in [7, 11) is 3.00. The van der Waals surface area contributed by atoms with Crippen LogP contribution in [0.2, 0.25) is 5.02 Å². The Kier molecular flexibility index (Phi) is 5.39. The highest BCUT2D eigenvalue weighted by Crippen LogP contribution is 2.39. The average Bonchev–Trinajstić information content (AvgIpc) is 2.95. The molecule has 0 amide bonds. The first-order chi connectivity index (χ1) is 12.8. The summed E-state index contributed by atoms with van der Waals surface area (Å²) >= 11 is 9.51. The van der Waals surface area contributed by atoms with Crippen molar-refractivity contribution in [1.29, 1.82) is 0 Å². The molecule has 0 fully saturated rings. The Balaban J connectivity index is 2.50. The Morgan fingerprint density at radius 3 is 2.33 bits per heavy atom. The van der Waals surface area contributed by atoms with Crippen LogP contribution in [0.15, 0.2) is 33.7 Å². The smallest absolute Gasteiger partial charge is 0.269 e. The van der Waals surface area contributed by atoms with E-state index >= 15 is 0 Å². The molecular formula is C18H15BrClF2N3O2. The fourth-order valence-electron chi connectivity index (χ4n) is 2.99. The lowest BCUT2D eigenvalue weighted by molar-refractivity contribution is 0.407. The van der Waals surface area contributed by atoms with E-state index in [0.717, 1.165) is 12.1 Å². The Morgan fingerprint density at radius 1 is 1.22 bits per heavy atom. The Hall–Kier alpha value is -2.19. The minimum atomic E-state index is -0.852. The van der Waals surface area contributed by atoms with Crippen molar-refractivity contribution in [3.63, 3.8) is 0 Å². The Labute approximate surface area is 167 Å². The fraction of sp³-hybridized carbons (Fsp3) is 0.222. The molecular weight excluding hydrogens is 444 g/mol. The number of aromatic nitrogens is 3. The molecule has 0 saturated heterocycles. The molecule has 0 atom stereocenters. The lowest BCUT2D eigenvalue weighted by Gasteiger charge is -2.19. The number of pyridine rings is 1. The highest BCUT2D eigenvalue weighted by Gasteiger charge is 2.25. The largest absolute Gasteiger partial charge is 0.497 e. The zero-order chi connectivity index (χ0) is 19.9. The van der Waals surface area contributed by atoms with Gasteiger partial charge in [-0.05, 0) is 28.9 Å². The van der Waals surface area contributed by atoms with E-state index in [-0.39, 0.29) is 28.6 Å². The van der Waals surface area contributed by atoms with E-state index in [9.17, 15) is 13.6 Å². The second-order valence-corrected chi connectivity index (χ2v) is 7.00. The minimum absolute atomic E-state index is 0.0383. The molecule has 27 heavy (non-hydrogen) atoms. The van der Waals surface area contributed by atoms with Crippen molar-refractivity contribution in [3.05, 3.63) is 55.9 Å². The predicted molar refractivity (Wildman–Crippen MR) is 103 cm³/mol. The monoisotopic (exact) mass is 457 g/mol. The standard InChI is InChI=1S/C18H15BrClF2N3O2/c1-4-25-17(15-13(21)5-9(27-3)6-14(15)22)10(7-12(20)18(25)26)16-11(19)8-23-24(16)2/h5-8H,4H2,1-3H3. The SMILES string of the molecule is CCn1c(-c2c(F)cc(OC)cc2F)c(-c2c(Br)cnn2C)cc(Cl)c1=O. The van der Waals surface area contributed by atoms with Crippen molar-refractivity contribution in [1.82, 2.24) is 14.3 Å². The van der Waals surface area contributed by atoms with Gasteiger partial charge in [-0.15, -0.1) is 0 Å². The molecule has 3 rings (SSSR count). The van der Waals surface area contributed by atoms with Crippen LogP contribution in [0.5, 0.6) is 5.75 Å². The van der Waals surface area contributed by atoms with Gasteiger partial charge in [0, 0.05) is 31.3 Å². The van der Waals surface area contributed by atoms with Gasteiger partial charge in [-0.3, -0.25) is 9.48 Å². The van der Waals surface area contributed by atoms with Crippen LogP contribution < -0.4 is 10.3 Å². The third-order valence-corrected chi connectivity index (χ3v) is 5.05. The van der Waals surface area contributed by atoms with Crippen LogP contribution in [0.25, 0.3) is 22.5 Å². The van der Waals surface area contributed by atoms with Crippen molar-refractivity contribution in [2.24, 2.45) is 7.05 Å². The summed E-state index contributed by atoms with van der Waals surface area (Å²) in [6, 6.07) is 3.54. The molecule has 5 nitrogen and oxygen atoms in total. The molecule has 0 aliphatic rings. The molecule has 2 aromatic heterocycles. The van der Waals surface area contributed by atoms with Crippen LogP contribution >= 0.6 is 27.5 Å². The lowest BCUT2D eigenvalue weighted by atomic mass is 10.0. The summed E-state index contributed by atoms with van der Waals surface area (Å²) in [5.41, 5.74) is 0.106. The van der Waals surface area contributed by atoms with E-state index in [4.69, 9.17) is 16.3 Å². The number of halogens is 4. The third-order valence-electron chi connectivity index (χ3n) is 4.20. The Bertz CT molecular complexity index is 1050. The van der Waals surface area contributed by atoms with Gasteiger partial charge in [-0.2, -0.15) is 5.10 Å². The number of ether oxygens (including phenoxy) is 1. The van der Waals surface area contributed by atoms with E-state index in [1.54, 1.807) is 20.2 Å². The molecule has 9 heteroatoms. The number of rotatable bonds is 4. The molecule has 0 aliphatic heterocycles. The summed E-state index contributed by atoms with van der Waals surface area (Å²) in [6.07, 6.45) is 1.55. The fourth-order valence-corrected chi connectivity index (χ4v) is 3.77. The molecule has 0 N–H and O–H groups in total. The summed E-state index contributed by atoms with van der Waals surface area (Å²) in [6.45, 7) is 1.87. The van der Waals surface area contributed by atoms with Crippen molar-refractivity contribution < 1.29 is 13.5 Å². The average molecular weight is 459 g/mol. The first-order valence-corrected chi connectivity index (χ1v) is 9.11. The highest BCUT2D eigenvalue weighted by atomic mass is 79.9. The van der Waals surface area contributed by atoms with Gasteiger partial charge in [-0.25, -0.2) is 8.78 Å². The molecule has 0 saturated carbocycles. The van der Waals surface area contributed by atoms with E-state index in [1.165, 1.54) is 22.4 Å². The topological polar surface area (TPSA) is 49.0 Å². The van der Waals surface area contributed by atoms with E-state index < -0.39 is 17.2 Å². The molecule has 0 spiro atoms. The summed E-state index contributed by atoms with van der Waals surface area (Å²) in [4.78, 5) is 12.6. The van der Waals surface area contributed by atoms with Gasteiger partial charge in [-0.1, -0.05) is 11.6 Å². The normalized spacial score (nSPS) is 11.1. The number of benzene rings is 1. The zero-order valence-corrected chi connectivity index (χ0v) is 17.0. The number of hydrogen-bond donors (Lipinski definition) is 0. The van der Waals surface area contributed by atoms with Crippen LogP contribution in [0.1, 0.15) is 6.92 Å². The van der Waals surface area contributed by atoms with Gasteiger partial charge in [0.05, 0.1) is 34.7 Å². The van der Waals surface area contributed by atoms with Crippen LogP contribution in [-0.2, 0) is 13.6 Å². The van der Waals surface area contributed by atoms with Crippen LogP contribution in [0.3, 0.4) is 0 Å². The molecule has 0 aliphatic carbocycles. The van der Waals surface area contributed by atoms with Crippen molar-refractivity contribution in [3.8, 4) is 28.3 Å². The highest BCUT2D eigenvalue weighted by molar-refractivity contribution is 9.10. The van der Waals surface area contributed by atoms with E-state index in [1.807, 2.05) is 0 Å². The van der Waals surface area contributed by atoms with Gasteiger partial charge in [0.2, 0.25) is 0 Å². The molecule has 2 heterocycles. The first kappa shape index (κ1) is 19.6. The van der Waals surface area contributed by atoms with Crippen molar-refractivity contribution in [2.75, 3.05) is 7.11 Å². The van der Waals surface area contributed by atoms with E-state index in [0.29, 0.717) is 15.7 Å². The second-order valence-electron chi connectivity index (χ2n) is 5.73. The second kappa shape index (κ2) is 7.44. The quantitative estimate of drug-likeness (QED) is 0.572. The van der Waals surface area contributed by atoms with Crippen LogP contribution in [-0.4, -0.2) is 21.5 Å². The number of hydrogen-bond acceptors (Lipinski definition) is 3. The van der Waals surface area contributed by atoms with Gasteiger partial charge in [0.25, 0.3) is 5.56 Å². The van der Waals surface area contributed by atoms with Gasteiger partial charge in [0.15, 0.2) is 0 Å². The van der Waals surface area contributed by atoms with E-state index in [2.05, 4.69) is 21.0 Å². The summed E-state index contributed by atoms with van der Waals surface area (Å²) < 4.78 is 38.0. The van der Waals surface area contributed by atoms with Crippen molar-refractivity contribution >= 4 is 27.5 Å². The number of methoxy groups -OCH3 is 1. The number of nitrogens with zero attached hydrogens (tertiary/aromatic N) is 3. The third kappa shape index (κ3) is 3.27.